The molecule has 1 atom stereocenters. The van der Waals surface area contributed by atoms with E-state index in [9.17, 15) is 9.59 Å². The highest BCUT2D eigenvalue weighted by molar-refractivity contribution is 5.96. The van der Waals surface area contributed by atoms with Crippen LogP contribution in [0.4, 0.5) is 0 Å². The lowest BCUT2D eigenvalue weighted by molar-refractivity contribution is -0.138. The van der Waals surface area contributed by atoms with Crippen LogP contribution < -0.4 is 0 Å². The van der Waals surface area contributed by atoms with Crippen LogP contribution in [-0.2, 0) is 24.3 Å². The highest BCUT2D eigenvalue weighted by Gasteiger charge is 2.38. The van der Waals surface area contributed by atoms with Gasteiger partial charge in [0.1, 0.15) is 6.04 Å². The Hall–Kier alpha value is -3.45. The third kappa shape index (κ3) is 4.16. The number of carbonyl (C=O) groups excluding carboxylic acids is 2. The summed E-state index contributed by atoms with van der Waals surface area (Å²) in [6.07, 6.45) is 5.63. The first-order valence-corrected chi connectivity index (χ1v) is 11.0. The van der Waals surface area contributed by atoms with Gasteiger partial charge < -0.3 is 14.2 Å². The van der Waals surface area contributed by atoms with Crippen LogP contribution in [0.25, 0.3) is 0 Å². The van der Waals surface area contributed by atoms with Crippen molar-refractivity contribution in [3.63, 3.8) is 0 Å². The van der Waals surface area contributed by atoms with Crippen molar-refractivity contribution >= 4 is 11.8 Å². The van der Waals surface area contributed by atoms with E-state index in [-0.39, 0.29) is 17.6 Å². The highest BCUT2D eigenvalue weighted by Crippen LogP contribution is 2.27. The maximum atomic E-state index is 13.6. The Morgan fingerprint density at radius 2 is 1.69 bits per heavy atom. The second kappa shape index (κ2) is 8.96. The van der Waals surface area contributed by atoms with Gasteiger partial charge in [-0.2, -0.15) is 0 Å². The van der Waals surface area contributed by atoms with Gasteiger partial charge in [-0.15, -0.1) is 0 Å². The minimum atomic E-state index is -0.519. The SMILES string of the molecule is O=C(C1Cc2ccccc2CN1C(=O)c1ccco1)N1CCN(Cc2ccncc2)CC1. The number of furan rings is 1. The largest absolute Gasteiger partial charge is 0.459 e. The molecule has 0 radical (unpaired) electrons. The molecule has 1 fully saturated rings. The first kappa shape index (κ1) is 20.5. The zero-order chi connectivity index (χ0) is 21.9. The minimum Gasteiger partial charge on any atom is -0.459 e. The molecule has 164 valence electrons. The molecule has 1 unspecified atom stereocenters. The monoisotopic (exact) mass is 430 g/mol. The highest BCUT2D eigenvalue weighted by atomic mass is 16.3. The molecule has 2 aliphatic heterocycles. The molecule has 2 aliphatic rings. The molecule has 1 saturated heterocycles. The van der Waals surface area contributed by atoms with Gasteiger partial charge in [0.05, 0.1) is 6.26 Å². The summed E-state index contributed by atoms with van der Waals surface area (Å²) in [5, 5.41) is 0. The standard InChI is InChI=1S/C25H26N4O3/c30-24(28-13-11-27(12-14-28)17-19-7-9-26-10-8-19)22-16-20-4-1-2-5-21(20)18-29(22)25(31)23-6-3-15-32-23/h1-10,15,22H,11-14,16-18H2. The van der Waals surface area contributed by atoms with Crippen molar-refractivity contribution in [3.8, 4) is 0 Å². The van der Waals surface area contributed by atoms with Crippen molar-refractivity contribution in [1.82, 2.24) is 19.7 Å². The first-order valence-electron chi connectivity index (χ1n) is 11.0. The Bertz CT molecular complexity index is 1080. The summed E-state index contributed by atoms with van der Waals surface area (Å²) in [6, 6.07) is 14.9. The lowest BCUT2D eigenvalue weighted by Crippen LogP contribution is -2.57. The molecule has 3 aromatic rings. The van der Waals surface area contributed by atoms with Crippen molar-refractivity contribution < 1.29 is 14.0 Å². The number of hydrogen-bond acceptors (Lipinski definition) is 5. The molecule has 2 amide bonds. The van der Waals surface area contributed by atoms with Gasteiger partial charge in [0, 0.05) is 58.1 Å². The van der Waals surface area contributed by atoms with E-state index in [0.29, 0.717) is 26.1 Å². The van der Waals surface area contributed by atoms with Crippen LogP contribution in [0.1, 0.15) is 27.2 Å². The van der Waals surface area contributed by atoms with E-state index >= 15 is 0 Å². The number of amides is 2. The minimum absolute atomic E-state index is 0.0166. The van der Waals surface area contributed by atoms with Gasteiger partial charge in [-0.25, -0.2) is 0 Å². The van der Waals surface area contributed by atoms with Gasteiger partial charge in [0.15, 0.2) is 5.76 Å². The summed E-state index contributed by atoms with van der Waals surface area (Å²) in [4.78, 5) is 36.8. The van der Waals surface area contributed by atoms with Gasteiger partial charge in [-0.05, 0) is 41.0 Å². The molecular weight excluding hydrogens is 404 g/mol. The third-order valence-electron chi connectivity index (χ3n) is 6.37. The van der Waals surface area contributed by atoms with Crippen LogP contribution in [-0.4, -0.2) is 63.7 Å². The molecule has 4 heterocycles. The summed E-state index contributed by atoms with van der Waals surface area (Å²) >= 11 is 0. The van der Waals surface area contributed by atoms with Crippen LogP contribution in [0.2, 0.25) is 0 Å². The molecule has 32 heavy (non-hydrogen) atoms. The van der Waals surface area contributed by atoms with Gasteiger partial charge in [-0.1, -0.05) is 24.3 Å². The molecule has 2 aromatic heterocycles. The summed E-state index contributed by atoms with van der Waals surface area (Å²) in [5.74, 6) is 0.0477. The van der Waals surface area contributed by atoms with Crippen LogP contribution >= 0.6 is 0 Å². The van der Waals surface area contributed by atoms with Crippen molar-refractivity contribution in [3.05, 3.63) is 89.6 Å². The number of carbonyl (C=O) groups is 2. The molecular formula is C25H26N4O3. The zero-order valence-electron chi connectivity index (χ0n) is 17.9. The number of rotatable bonds is 4. The van der Waals surface area contributed by atoms with E-state index in [1.54, 1.807) is 29.4 Å². The van der Waals surface area contributed by atoms with Crippen molar-refractivity contribution in [2.45, 2.75) is 25.6 Å². The Labute approximate surface area is 187 Å². The van der Waals surface area contributed by atoms with E-state index in [1.165, 1.54) is 11.8 Å². The van der Waals surface area contributed by atoms with E-state index in [1.807, 2.05) is 35.2 Å². The average molecular weight is 431 g/mol. The van der Waals surface area contributed by atoms with Gasteiger partial charge in [0.25, 0.3) is 5.91 Å². The molecule has 7 heteroatoms. The Morgan fingerprint density at radius 3 is 2.41 bits per heavy atom. The van der Waals surface area contributed by atoms with E-state index < -0.39 is 6.04 Å². The van der Waals surface area contributed by atoms with Crippen LogP contribution in [0.5, 0.6) is 0 Å². The number of pyridine rings is 1. The van der Waals surface area contributed by atoms with Gasteiger partial charge in [0.2, 0.25) is 5.91 Å². The zero-order valence-corrected chi connectivity index (χ0v) is 17.9. The number of piperazine rings is 1. The maximum absolute atomic E-state index is 13.6. The fraction of sp³-hybridized carbons (Fsp3) is 0.320. The number of benzene rings is 1. The van der Waals surface area contributed by atoms with Crippen molar-refractivity contribution in [2.24, 2.45) is 0 Å². The molecule has 0 aliphatic carbocycles. The quantitative estimate of drug-likeness (QED) is 0.636. The Balaban J connectivity index is 1.30. The second-order valence-electron chi connectivity index (χ2n) is 8.36. The van der Waals surface area contributed by atoms with Crippen LogP contribution in [0, 0.1) is 0 Å². The topological polar surface area (TPSA) is 69.9 Å². The molecule has 0 bridgehead atoms. The van der Waals surface area contributed by atoms with E-state index in [4.69, 9.17) is 4.42 Å². The number of fused-ring (bicyclic) bond motifs is 1. The van der Waals surface area contributed by atoms with Crippen molar-refractivity contribution in [2.75, 3.05) is 26.2 Å². The fourth-order valence-corrected chi connectivity index (χ4v) is 4.58. The number of aromatic nitrogens is 1. The molecule has 0 saturated carbocycles. The molecule has 1 aromatic carbocycles. The van der Waals surface area contributed by atoms with Crippen LogP contribution in [0.3, 0.4) is 0 Å². The average Bonchev–Trinajstić information content (AvgIpc) is 3.39. The Kier molecular flexibility index (Phi) is 5.73. The predicted octanol–water partition coefficient (Wildman–Crippen LogP) is 2.59. The third-order valence-corrected chi connectivity index (χ3v) is 6.37. The smallest absolute Gasteiger partial charge is 0.290 e. The van der Waals surface area contributed by atoms with Gasteiger partial charge >= 0.3 is 0 Å². The van der Waals surface area contributed by atoms with Crippen molar-refractivity contribution in [1.29, 1.82) is 0 Å². The lowest BCUT2D eigenvalue weighted by atomic mass is 9.92. The molecule has 5 rings (SSSR count). The fourth-order valence-electron chi connectivity index (χ4n) is 4.58. The second-order valence-corrected chi connectivity index (χ2v) is 8.36. The lowest BCUT2D eigenvalue weighted by Gasteiger charge is -2.41. The maximum Gasteiger partial charge on any atom is 0.290 e. The molecule has 0 N–H and O–H groups in total. The summed E-state index contributed by atoms with van der Waals surface area (Å²) in [6.45, 7) is 4.20. The van der Waals surface area contributed by atoms with Gasteiger partial charge in [-0.3, -0.25) is 19.5 Å². The number of hydrogen-bond donors (Lipinski definition) is 0. The first-order chi connectivity index (χ1) is 15.7. The predicted molar refractivity (Wildman–Crippen MR) is 119 cm³/mol. The summed E-state index contributed by atoms with van der Waals surface area (Å²) < 4.78 is 5.35. The summed E-state index contributed by atoms with van der Waals surface area (Å²) in [5.41, 5.74) is 3.43. The molecule has 7 nitrogen and oxygen atoms in total. The van der Waals surface area contributed by atoms with Crippen LogP contribution in [0.15, 0.2) is 71.6 Å². The van der Waals surface area contributed by atoms with E-state index in [0.717, 1.165) is 30.8 Å². The summed E-state index contributed by atoms with van der Waals surface area (Å²) in [7, 11) is 0. The van der Waals surface area contributed by atoms with E-state index in [2.05, 4.69) is 16.0 Å². The molecule has 0 spiro atoms. The Morgan fingerprint density at radius 1 is 0.938 bits per heavy atom. The number of nitrogens with zero attached hydrogens (tertiary/aromatic N) is 4. The normalized spacial score (nSPS) is 18.9.